The van der Waals surface area contributed by atoms with Crippen LogP contribution in [0.25, 0.3) is 5.76 Å². The van der Waals surface area contributed by atoms with Crippen molar-refractivity contribution in [2.45, 2.75) is 36.7 Å². The van der Waals surface area contributed by atoms with Crippen LogP contribution in [0.3, 0.4) is 0 Å². The van der Waals surface area contributed by atoms with Crippen LogP contribution >= 0.6 is 0 Å². The van der Waals surface area contributed by atoms with Gasteiger partial charge in [-0.15, -0.1) is 0 Å². The lowest BCUT2D eigenvalue weighted by atomic mass is 9.58. The molecule has 2 amide bonds. The number of rotatable bonds is 5. The van der Waals surface area contributed by atoms with Crippen molar-refractivity contribution in [2.75, 3.05) is 14.1 Å². The summed E-state index contributed by atoms with van der Waals surface area (Å²) in [6.07, 6.45) is -2.05. The Labute approximate surface area is 199 Å². The zero-order chi connectivity index (χ0) is 26.4. The number of fused-ring (bicyclic) bond motifs is 2. The molecule has 2 saturated carbocycles. The molecule has 1 spiro atoms. The van der Waals surface area contributed by atoms with E-state index in [0.717, 1.165) is 6.92 Å². The second-order valence-corrected chi connectivity index (χ2v) is 9.78. The van der Waals surface area contributed by atoms with Crippen molar-refractivity contribution in [3.05, 3.63) is 46.2 Å². The number of carbonyl (C=O) groups excluding carboxylic acids is 3. The van der Waals surface area contributed by atoms with Gasteiger partial charge in [0.25, 0.3) is 11.8 Å². The molecule has 0 bridgehead atoms. The number of benzene rings is 1. The van der Waals surface area contributed by atoms with E-state index in [9.17, 15) is 45.0 Å². The molecule has 10 N–H and O–H groups in total. The molecule has 0 aliphatic heterocycles. The van der Waals surface area contributed by atoms with Gasteiger partial charge in [0.05, 0.1) is 28.7 Å². The predicted octanol–water partition coefficient (Wildman–Crippen LogP) is -1.72. The molecule has 35 heavy (non-hydrogen) atoms. The third kappa shape index (κ3) is 2.85. The SMILES string of the molecule is CN(C)[C@H](C(O)=C(C(N)=O)C(N)=O)[C@@H]1[C@@H](O)[C@]23C[C@@]2(O)c2cccc(O)c2C(O)=C3C(=O)[C@@]1(C)O. The van der Waals surface area contributed by atoms with Gasteiger partial charge >= 0.3 is 0 Å². The van der Waals surface area contributed by atoms with Crippen molar-refractivity contribution in [3.63, 3.8) is 0 Å². The summed E-state index contributed by atoms with van der Waals surface area (Å²) in [6, 6.07) is 2.55. The van der Waals surface area contributed by atoms with Crippen LogP contribution in [-0.4, -0.2) is 85.0 Å². The van der Waals surface area contributed by atoms with Gasteiger partial charge in [0.2, 0.25) is 0 Å². The Kier molecular flexibility index (Phi) is 5.13. The van der Waals surface area contributed by atoms with Crippen LogP contribution in [0.4, 0.5) is 0 Å². The number of aliphatic hydroxyl groups excluding tert-OH is 3. The first-order chi connectivity index (χ1) is 16.1. The van der Waals surface area contributed by atoms with Crippen molar-refractivity contribution >= 4 is 23.4 Å². The summed E-state index contributed by atoms with van der Waals surface area (Å²) >= 11 is 0. The molecule has 4 rings (SSSR count). The number of hydrogen-bond donors (Lipinski definition) is 8. The van der Waals surface area contributed by atoms with Gasteiger partial charge in [-0.2, -0.15) is 0 Å². The van der Waals surface area contributed by atoms with Crippen LogP contribution in [0.5, 0.6) is 5.75 Å². The second kappa shape index (κ2) is 7.28. The third-order valence-electron chi connectivity index (χ3n) is 7.66. The molecule has 6 atom stereocenters. The van der Waals surface area contributed by atoms with Crippen molar-refractivity contribution in [3.8, 4) is 5.75 Å². The summed E-state index contributed by atoms with van der Waals surface area (Å²) in [5.74, 6) is -7.51. The van der Waals surface area contributed by atoms with E-state index in [4.69, 9.17) is 11.5 Å². The number of ketones is 1. The molecule has 0 saturated heterocycles. The maximum absolute atomic E-state index is 13.7. The van der Waals surface area contributed by atoms with Crippen LogP contribution in [-0.2, 0) is 20.0 Å². The van der Waals surface area contributed by atoms with Crippen LogP contribution in [0, 0.1) is 11.3 Å². The van der Waals surface area contributed by atoms with Crippen molar-refractivity contribution < 1.29 is 45.0 Å². The predicted molar refractivity (Wildman–Crippen MR) is 119 cm³/mol. The van der Waals surface area contributed by atoms with Crippen molar-refractivity contribution in [1.29, 1.82) is 0 Å². The van der Waals surface area contributed by atoms with Gasteiger partial charge in [-0.05, 0) is 39.1 Å². The fourth-order valence-corrected chi connectivity index (χ4v) is 6.02. The highest BCUT2D eigenvalue weighted by molar-refractivity contribution is 6.18. The minimum Gasteiger partial charge on any atom is -0.510 e. The number of carbonyl (C=O) groups is 3. The first-order valence-corrected chi connectivity index (χ1v) is 10.7. The van der Waals surface area contributed by atoms with E-state index in [2.05, 4.69) is 0 Å². The maximum atomic E-state index is 13.7. The number of nitrogens with two attached hydrogens (primary N) is 2. The molecule has 188 valence electrons. The van der Waals surface area contributed by atoms with E-state index < -0.39 is 80.7 Å². The molecule has 0 heterocycles. The topological polar surface area (TPSA) is 228 Å². The molecule has 0 aromatic heterocycles. The Hall–Kier alpha value is -3.45. The number of hydrogen-bond acceptors (Lipinski definition) is 10. The van der Waals surface area contributed by atoms with Crippen molar-refractivity contribution in [2.24, 2.45) is 22.8 Å². The second-order valence-electron chi connectivity index (χ2n) is 9.78. The Balaban J connectivity index is 2.00. The highest BCUT2D eigenvalue weighted by Crippen LogP contribution is 2.76. The van der Waals surface area contributed by atoms with Crippen LogP contribution in [0.2, 0.25) is 0 Å². The summed E-state index contributed by atoms with van der Waals surface area (Å²) in [6.45, 7) is 1.04. The number of nitrogens with zero attached hydrogens (tertiary/aromatic N) is 1. The minimum absolute atomic E-state index is 0.0713. The van der Waals surface area contributed by atoms with Gasteiger partial charge in [-0.3, -0.25) is 19.3 Å². The Morgan fingerprint density at radius 3 is 2.23 bits per heavy atom. The molecule has 12 heteroatoms. The average molecular weight is 489 g/mol. The van der Waals surface area contributed by atoms with Gasteiger partial charge in [0.15, 0.2) is 5.78 Å². The maximum Gasteiger partial charge on any atom is 0.257 e. The lowest BCUT2D eigenvalue weighted by Crippen LogP contribution is -2.66. The number of likely N-dealkylation sites (N-methyl/N-ethyl adjacent to an activating group) is 1. The Morgan fingerprint density at radius 2 is 1.71 bits per heavy atom. The van der Waals surface area contributed by atoms with E-state index in [1.165, 1.54) is 37.2 Å². The highest BCUT2D eigenvalue weighted by atomic mass is 16.3. The number of amides is 2. The molecule has 0 unspecified atom stereocenters. The average Bonchev–Trinajstić information content (AvgIpc) is 3.37. The fraction of sp³-hybridized carbons (Fsp3) is 0.435. The molecule has 0 radical (unpaired) electrons. The molecular formula is C23H27N3O9. The summed E-state index contributed by atoms with van der Waals surface area (Å²) < 4.78 is 0. The summed E-state index contributed by atoms with van der Waals surface area (Å²) in [7, 11) is 2.78. The highest BCUT2D eigenvalue weighted by Gasteiger charge is 2.82. The lowest BCUT2D eigenvalue weighted by Gasteiger charge is -2.51. The monoisotopic (exact) mass is 489 g/mol. The molecular weight excluding hydrogens is 462 g/mol. The number of phenolic OH excluding ortho intramolecular Hbond substituents is 1. The zero-order valence-electron chi connectivity index (χ0n) is 19.2. The lowest BCUT2D eigenvalue weighted by molar-refractivity contribution is -0.167. The first kappa shape index (κ1) is 24.7. The van der Waals surface area contributed by atoms with Gasteiger partial charge < -0.3 is 42.1 Å². The summed E-state index contributed by atoms with van der Waals surface area (Å²) in [4.78, 5) is 38.6. The van der Waals surface area contributed by atoms with Gasteiger partial charge in [-0.25, -0.2) is 0 Å². The van der Waals surface area contributed by atoms with E-state index >= 15 is 0 Å². The van der Waals surface area contributed by atoms with Crippen LogP contribution in [0.1, 0.15) is 24.5 Å². The number of Topliss-reactive ketones (excluding diaryl/α,β-unsaturated/α-hetero) is 1. The smallest absolute Gasteiger partial charge is 0.257 e. The molecule has 1 aromatic rings. The zero-order valence-corrected chi connectivity index (χ0v) is 19.2. The normalized spacial score (nSPS) is 34.0. The first-order valence-electron chi connectivity index (χ1n) is 10.7. The third-order valence-corrected chi connectivity index (χ3v) is 7.66. The Morgan fingerprint density at radius 1 is 1.14 bits per heavy atom. The summed E-state index contributed by atoms with van der Waals surface area (Å²) in [5, 5.41) is 66.9. The molecule has 1 aromatic carbocycles. The van der Waals surface area contributed by atoms with E-state index in [1.807, 2.05) is 0 Å². The molecule has 12 nitrogen and oxygen atoms in total. The Bertz CT molecular complexity index is 1230. The standard InChI is InChI=1S/C23H27N3O9/c1-21(34)12(14(26(2)3)16(29)11(19(24)32)20(25)33)18(31)22-7-23(22,35)8-5-4-6-9(27)10(8)15(28)13(22)17(21)30/h4-6,12,14,18,27-29,31,34-35H,7H2,1-3H3,(H2,24,32)(H2,25,33)/t12-,14+,18-,21+,22-,23-/m1/s1. The van der Waals surface area contributed by atoms with E-state index in [1.54, 1.807) is 0 Å². The molecule has 2 fully saturated rings. The van der Waals surface area contributed by atoms with Gasteiger partial charge in [-0.1, -0.05) is 12.1 Å². The van der Waals surface area contributed by atoms with Crippen LogP contribution < -0.4 is 11.5 Å². The number of aliphatic hydroxyl groups is 5. The van der Waals surface area contributed by atoms with E-state index in [-0.39, 0.29) is 17.5 Å². The largest absolute Gasteiger partial charge is 0.510 e. The summed E-state index contributed by atoms with van der Waals surface area (Å²) in [5.41, 5.74) is 2.65. The van der Waals surface area contributed by atoms with Gasteiger partial charge in [0.1, 0.15) is 34.0 Å². The molecule has 3 aliphatic carbocycles. The van der Waals surface area contributed by atoms with Gasteiger partial charge in [0, 0.05) is 5.92 Å². The number of primary amides is 2. The van der Waals surface area contributed by atoms with Crippen molar-refractivity contribution in [1.82, 2.24) is 4.90 Å². The quantitative estimate of drug-likeness (QED) is 0.101. The van der Waals surface area contributed by atoms with E-state index in [0.29, 0.717) is 0 Å². The number of phenols is 1. The minimum atomic E-state index is -2.50. The molecule has 3 aliphatic rings. The fourth-order valence-electron chi connectivity index (χ4n) is 6.02. The number of aromatic hydroxyl groups is 1. The van der Waals surface area contributed by atoms with Crippen LogP contribution in [0.15, 0.2) is 35.1 Å².